The average molecular weight is 335 g/mol. The molecular formula is C20H17NO4. The van der Waals surface area contributed by atoms with Gasteiger partial charge in [0.15, 0.2) is 0 Å². The molecule has 0 saturated carbocycles. The monoisotopic (exact) mass is 335 g/mol. The van der Waals surface area contributed by atoms with E-state index in [9.17, 15) is 4.79 Å². The quantitative estimate of drug-likeness (QED) is 0.503. The van der Waals surface area contributed by atoms with E-state index in [0.29, 0.717) is 17.0 Å². The molecule has 0 radical (unpaired) electrons. The summed E-state index contributed by atoms with van der Waals surface area (Å²) in [5, 5.41) is 1.85. The fraction of sp³-hybridized carbons (Fsp3) is 0.200. The molecule has 0 aliphatic heterocycles. The van der Waals surface area contributed by atoms with Gasteiger partial charge in [-0.05, 0) is 44.5 Å². The van der Waals surface area contributed by atoms with Crippen LogP contribution in [-0.4, -0.2) is 12.1 Å². The van der Waals surface area contributed by atoms with Crippen molar-refractivity contribution < 1.29 is 13.6 Å². The lowest BCUT2D eigenvalue weighted by Crippen LogP contribution is -2.07. The van der Waals surface area contributed by atoms with Crippen LogP contribution in [-0.2, 0) is 0 Å². The van der Waals surface area contributed by atoms with Crippen molar-refractivity contribution in [2.75, 3.05) is 7.11 Å². The lowest BCUT2D eigenvalue weighted by atomic mass is 9.95. The standard InChI is InChI=1S/C20H17NO4/c1-10-9-24-17-12(3)18-15(8-14(10)17)16(11(2)20(22)25-18)13-6-5-7-21-19(13)23-4/h5-9H,1-4H3. The number of ether oxygens (including phenoxy) is 1. The number of hydrogen-bond acceptors (Lipinski definition) is 5. The molecule has 0 amide bonds. The van der Waals surface area contributed by atoms with E-state index in [0.717, 1.165) is 38.6 Å². The maximum Gasteiger partial charge on any atom is 0.339 e. The summed E-state index contributed by atoms with van der Waals surface area (Å²) in [5.74, 6) is 0.471. The van der Waals surface area contributed by atoms with Crippen molar-refractivity contribution in [1.82, 2.24) is 4.98 Å². The minimum Gasteiger partial charge on any atom is -0.481 e. The second-order valence-electron chi connectivity index (χ2n) is 6.12. The van der Waals surface area contributed by atoms with E-state index < -0.39 is 0 Å². The van der Waals surface area contributed by atoms with E-state index in [1.807, 2.05) is 32.0 Å². The molecule has 0 spiro atoms. The first-order valence-corrected chi connectivity index (χ1v) is 7.97. The van der Waals surface area contributed by atoms with E-state index in [-0.39, 0.29) is 5.63 Å². The number of aryl methyl sites for hydroxylation is 2. The fourth-order valence-corrected chi connectivity index (χ4v) is 3.32. The summed E-state index contributed by atoms with van der Waals surface area (Å²) in [5.41, 5.74) is 4.80. The third-order valence-electron chi connectivity index (χ3n) is 4.62. The molecular weight excluding hydrogens is 318 g/mol. The number of furan rings is 1. The number of rotatable bonds is 2. The van der Waals surface area contributed by atoms with Gasteiger partial charge < -0.3 is 13.6 Å². The topological polar surface area (TPSA) is 65.5 Å². The molecule has 0 aliphatic rings. The van der Waals surface area contributed by atoms with Crippen LogP contribution >= 0.6 is 0 Å². The number of fused-ring (bicyclic) bond motifs is 2. The predicted molar refractivity (Wildman–Crippen MR) is 96.3 cm³/mol. The first-order chi connectivity index (χ1) is 12.0. The Bertz CT molecular complexity index is 1180. The van der Waals surface area contributed by atoms with Crippen molar-refractivity contribution in [2.24, 2.45) is 0 Å². The zero-order valence-corrected chi connectivity index (χ0v) is 14.5. The van der Waals surface area contributed by atoms with Crippen molar-refractivity contribution >= 4 is 21.9 Å². The van der Waals surface area contributed by atoms with E-state index in [2.05, 4.69) is 4.98 Å². The Morgan fingerprint density at radius 2 is 1.88 bits per heavy atom. The SMILES string of the molecule is COc1ncccc1-c1c(C)c(=O)oc2c(C)c3occ(C)c3cc12. The molecule has 0 aliphatic carbocycles. The second-order valence-corrected chi connectivity index (χ2v) is 6.12. The summed E-state index contributed by atoms with van der Waals surface area (Å²) in [6.45, 7) is 5.65. The number of aromatic nitrogens is 1. The Morgan fingerprint density at radius 3 is 2.64 bits per heavy atom. The lowest BCUT2D eigenvalue weighted by molar-refractivity contribution is 0.399. The van der Waals surface area contributed by atoms with Gasteiger partial charge in [-0.3, -0.25) is 0 Å². The number of nitrogens with zero attached hydrogens (tertiary/aromatic N) is 1. The third-order valence-corrected chi connectivity index (χ3v) is 4.62. The zero-order valence-electron chi connectivity index (χ0n) is 14.5. The predicted octanol–water partition coefficient (Wildman–Crippen LogP) is 4.54. The summed E-state index contributed by atoms with van der Waals surface area (Å²) in [6, 6.07) is 5.73. The van der Waals surface area contributed by atoms with Crippen molar-refractivity contribution in [3.05, 3.63) is 57.8 Å². The summed E-state index contributed by atoms with van der Waals surface area (Å²) in [6.07, 6.45) is 3.38. The number of benzene rings is 1. The summed E-state index contributed by atoms with van der Waals surface area (Å²) >= 11 is 0. The van der Waals surface area contributed by atoms with Crippen LogP contribution in [0.1, 0.15) is 16.7 Å². The van der Waals surface area contributed by atoms with Crippen molar-refractivity contribution in [3.8, 4) is 17.0 Å². The lowest BCUT2D eigenvalue weighted by Gasteiger charge is -2.13. The third kappa shape index (κ3) is 2.16. The van der Waals surface area contributed by atoms with Crippen LogP contribution in [0.2, 0.25) is 0 Å². The van der Waals surface area contributed by atoms with Gasteiger partial charge in [0.25, 0.3) is 0 Å². The van der Waals surface area contributed by atoms with Gasteiger partial charge in [-0.15, -0.1) is 0 Å². The Labute approximate surface area is 143 Å². The highest BCUT2D eigenvalue weighted by Gasteiger charge is 2.20. The van der Waals surface area contributed by atoms with Crippen LogP contribution in [0.4, 0.5) is 0 Å². The molecule has 0 atom stereocenters. The Hall–Kier alpha value is -3.08. The van der Waals surface area contributed by atoms with Crippen LogP contribution < -0.4 is 10.4 Å². The zero-order chi connectivity index (χ0) is 17.7. The Kier molecular flexibility index (Phi) is 3.39. The highest BCUT2D eigenvalue weighted by atomic mass is 16.5. The molecule has 5 nitrogen and oxygen atoms in total. The molecule has 0 unspecified atom stereocenters. The van der Waals surface area contributed by atoms with Crippen LogP contribution in [0.3, 0.4) is 0 Å². The molecule has 3 aromatic heterocycles. The second kappa shape index (κ2) is 5.48. The minimum atomic E-state index is -0.376. The van der Waals surface area contributed by atoms with Gasteiger partial charge in [0, 0.05) is 39.2 Å². The minimum absolute atomic E-state index is 0.376. The smallest absolute Gasteiger partial charge is 0.339 e. The number of methoxy groups -OCH3 is 1. The fourth-order valence-electron chi connectivity index (χ4n) is 3.32. The molecule has 0 bridgehead atoms. The van der Waals surface area contributed by atoms with Gasteiger partial charge in [-0.25, -0.2) is 9.78 Å². The van der Waals surface area contributed by atoms with Crippen molar-refractivity contribution in [3.63, 3.8) is 0 Å². The van der Waals surface area contributed by atoms with Gasteiger partial charge in [0.2, 0.25) is 5.88 Å². The van der Waals surface area contributed by atoms with E-state index in [1.54, 1.807) is 26.5 Å². The summed E-state index contributed by atoms with van der Waals surface area (Å²) in [4.78, 5) is 16.7. The highest BCUT2D eigenvalue weighted by Crippen LogP contribution is 2.39. The molecule has 126 valence electrons. The van der Waals surface area contributed by atoms with Crippen LogP contribution in [0.5, 0.6) is 5.88 Å². The van der Waals surface area contributed by atoms with Crippen LogP contribution in [0, 0.1) is 20.8 Å². The molecule has 1 aromatic carbocycles. The summed E-state index contributed by atoms with van der Waals surface area (Å²) in [7, 11) is 1.57. The van der Waals surface area contributed by atoms with E-state index >= 15 is 0 Å². The molecule has 4 aromatic rings. The maximum atomic E-state index is 12.5. The first-order valence-electron chi connectivity index (χ1n) is 7.97. The van der Waals surface area contributed by atoms with Gasteiger partial charge in [0.1, 0.15) is 11.2 Å². The average Bonchev–Trinajstić information content (AvgIpc) is 2.99. The molecule has 0 fully saturated rings. The molecule has 4 rings (SSSR count). The van der Waals surface area contributed by atoms with Gasteiger partial charge in [-0.2, -0.15) is 0 Å². The normalized spacial score (nSPS) is 11.4. The highest BCUT2D eigenvalue weighted by molar-refractivity contribution is 6.05. The number of hydrogen-bond donors (Lipinski definition) is 0. The van der Waals surface area contributed by atoms with Crippen LogP contribution in [0.15, 0.2) is 44.3 Å². The summed E-state index contributed by atoms with van der Waals surface area (Å²) < 4.78 is 16.7. The van der Waals surface area contributed by atoms with Crippen molar-refractivity contribution in [1.29, 1.82) is 0 Å². The van der Waals surface area contributed by atoms with Gasteiger partial charge >= 0.3 is 5.63 Å². The van der Waals surface area contributed by atoms with E-state index in [4.69, 9.17) is 13.6 Å². The number of pyridine rings is 1. The maximum absolute atomic E-state index is 12.5. The Morgan fingerprint density at radius 1 is 1.08 bits per heavy atom. The first kappa shape index (κ1) is 15.4. The van der Waals surface area contributed by atoms with Crippen molar-refractivity contribution in [2.45, 2.75) is 20.8 Å². The van der Waals surface area contributed by atoms with Gasteiger partial charge in [-0.1, -0.05) is 0 Å². The largest absolute Gasteiger partial charge is 0.481 e. The molecule has 0 N–H and O–H groups in total. The van der Waals surface area contributed by atoms with Crippen LogP contribution in [0.25, 0.3) is 33.1 Å². The molecule has 3 heterocycles. The van der Waals surface area contributed by atoms with Gasteiger partial charge in [0.05, 0.1) is 13.4 Å². The molecule has 25 heavy (non-hydrogen) atoms. The Balaban J connectivity index is 2.25. The molecule has 5 heteroatoms. The molecule has 0 saturated heterocycles. The van der Waals surface area contributed by atoms with E-state index in [1.165, 1.54) is 0 Å².